The summed E-state index contributed by atoms with van der Waals surface area (Å²) in [6.07, 6.45) is 80.6. The van der Waals surface area contributed by atoms with E-state index in [9.17, 15) is 19.8 Å². The molecule has 0 spiro atoms. The maximum Gasteiger partial charge on any atom is 0.305 e. The first-order valence-electron chi connectivity index (χ1n) is 34.1. The van der Waals surface area contributed by atoms with Crippen LogP contribution in [0, 0.1) is 0 Å². The topological polar surface area (TPSA) is 95.9 Å². The third-order valence-corrected chi connectivity index (χ3v) is 16.0. The number of ether oxygens (including phenoxy) is 1. The summed E-state index contributed by atoms with van der Waals surface area (Å²) in [6.45, 7) is 4.96. The van der Waals surface area contributed by atoms with Crippen molar-refractivity contribution in [2.45, 2.75) is 392 Å². The lowest BCUT2D eigenvalue weighted by molar-refractivity contribution is -0.143. The number of allylic oxidation sites excluding steroid dienone is 4. The highest BCUT2D eigenvalue weighted by Gasteiger charge is 2.20. The summed E-state index contributed by atoms with van der Waals surface area (Å²) in [5.74, 6) is -0.0200. The minimum atomic E-state index is -0.664. The van der Waals surface area contributed by atoms with Crippen LogP contribution in [0.3, 0.4) is 0 Å². The van der Waals surface area contributed by atoms with E-state index in [0.717, 1.165) is 51.4 Å². The van der Waals surface area contributed by atoms with Gasteiger partial charge in [0.05, 0.1) is 25.4 Å². The molecule has 6 heteroatoms. The number of rotatable bonds is 64. The van der Waals surface area contributed by atoms with E-state index >= 15 is 0 Å². The Balaban J connectivity index is 3.35. The Morgan fingerprint density at radius 1 is 0.373 bits per heavy atom. The number of esters is 1. The van der Waals surface area contributed by atoms with E-state index in [0.29, 0.717) is 25.9 Å². The van der Waals surface area contributed by atoms with Crippen LogP contribution < -0.4 is 5.32 Å². The zero-order valence-corrected chi connectivity index (χ0v) is 50.8. The summed E-state index contributed by atoms with van der Waals surface area (Å²) in [4.78, 5) is 24.6. The van der Waals surface area contributed by atoms with Crippen LogP contribution in [0.4, 0.5) is 0 Å². The van der Waals surface area contributed by atoms with Gasteiger partial charge in [0.1, 0.15) is 0 Å². The second-order valence-corrected chi connectivity index (χ2v) is 23.5. The molecule has 75 heavy (non-hydrogen) atoms. The Hall–Kier alpha value is -1.66. The molecule has 0 rings (SSSR count). The average molecular weight is 1060 g/mol. The van der Waals surface area contributed by atoms with Crippen LogP contribution in [-0.2, 0) is 14.3 Å². The summed E-state index contributed by atoms with van der Waals surface area (Å²) < 4.78 is 5.51. The quantitative estimate of drug-likeness (QED) is 0.0320. The van der Waals surface area contributed by atoms with E-state index in [1.54, 1.807) is 0 Å². The van der Waals surface area contributed by atoms with Crippen LogP contribution in [0.5, 0.6) is 0 Å². The maximum absolute atomic E-state index is 12.5. The van der Waals surface area contributed by atoms with E-state index in [-0.39, 0.29) is 18.5 Å². The van der Waals surface area contributed by atoms with Gasteiger partial charge in [0.25, 0.3) is 0 Å². The molecule has 0 heterocycles. The van der Waals surface area contributed by atoms with Crippen LogP contribution in [0.1, 0.15) is 380 Å². The lowest BCUT2D eigenvalue weighted by atomic mass is 10.0. The zero-order chi connectivity index (χ0) is 54.3. The van der Waals surface area contributed by atoms with Crippen LogP contribution in [0.15, 0.2) is 24.3 Å². The molecule has 0 bridgehead atoms. The van der Waals surface area contributed by atoms with Crippen LogP contribution >= 0.6 is 0 Å². The highest BCUT2D eigenvalue weighted by Crippen LogP contribution is 2.19. The molecule has 1 amide bonds. The number of hydrogen-bond donors (Lipinski definition) is 3. The molecule has 0 saturated carbocycles. The van der Waals surface area contributed by atoms with Crippen LogP contribution in [0.2, 0.25) is 0 Å². The third-order valence-electron chi connectivity index (χ3n) is 16.0. The molecule has 0 saturated heterocycles. The summed E-state index contributed by atoms with van der Waals surface area (Å²) in [6, 6.07) is -0.541. The second-order valence-electron chi connectivity index (χ2n) is 23.5. The predicted octanol–water partition coefficient (Wildman–Crippen LogP) is 21.8. The molecule has 0 aromatic heterocycles. The number of amides is 1. The van der Waals surface area contributed by atoms with E-state index in [2.05, 4.69) is 43.5 Å². The Morgan fingerprint density at radius 3 is 1.04 bits per heavy atom. The Kier molecular flexibility index (Phi) is 63.4. The molecule has 0 aliphatic rings. The number of aliphatic hydroxyl groups excluding tert-OH is 2. The van der Waals surface area contributed by atoms with Gasteiger partial charge in [-0.1, -0.05) is 334 Å². The van der Waals surface area contributed by atoms with E-state index < -0.39 is 12.1 Å². The van der Waals surface area contributed by atoms with Crippen molar-refractivity contribution >= 4 is 11.9 Å². The van der Waals surface area contributed by atoms with Crippen LogP contribution in [-0.4, -0.2) is 47.4 Å². The minimum absolute atomic E-state index is 0.0114. The molecule has 2 atom stereocenters. The largest absolute Gasteiger partial charge is 0.466 e. The molecular formula is C69H133NO5. The second kappa shape index (κ2) is 64.9. The Morgan fingerprint density at radius 2 is 0.667 bits per heavy atom. The zero-order valence-electron chi connectivity index (χ0n) is 50.8. The molecule has 0 aromatic rings. The highest BCUT2D eigenvalue weighted by atomic mass is 16.5. The van der Waals surface area contributed by atoms with Gasteiger partial charge >= 0.3 is 5.97 Å². The molecule has 0 radical (unpaired) electrons. The van der Waals surface area contributed by atoms with Gasteiger partial charge in [0, 0.05) is 12.8 Å². The van der Waals surface area contributed by atoms with Gasteiger partial charge in [-0.2, -0.15) is 0 Å². The predicted molar refractivity (Wildman–Crippen MR) is 329 cm³/mol. The molecule has 0 aliphatic heterocycles. The van der Waals surface area contributed by atoms with Crippen molar-refractivity contribution in [2.24, 2.45) is 0 Å². The lowest BCUT2D eigenvalue weighted by Gasteiger charge is -2.22. The summed E-state index contributed by atoms with van der Waals surface area (Å²) in [7, 11) is 0. The molecule has 6 nitrogen and oxygen atoms in total. The number of unbranched alkanes of at least 4 members (excludes halogenated alkanes) is 49. The molecular weight excluding hydrogens is 923 g/mol. The van der Waals surface area contributed by atoms with E-state index in [1.165, 1.54) is 295 Å². The number of carbonyl (C=O) groups is 2. The molecule has 3 N–H and O–H groups in total. The Labute approximate surface area is 469 Å². The lowest BCUT2D eigenvalue weighted by Crippen LogP contribution is -2.45. The minimum Gasteiger partial charge on any atom is -0.466 e. The van der Waals surface area contributed by atoms with Crippen molar-refractivity contribution in [3.63, 3.8) is 0 Å². The first kappa shape index (κ1) is 73.3. The fraction of sp³-hybridized carbons (Fsp3) is 0.913. The third kappa shape index (κ3) is 61.4. The van der Waals surface area contributed by atoms with Crippen molar-refractivity contribution in [2.75, 3.05) is 13.2 Å². The highest BCUT2D eigenvalue weighted by molar-refractivity contribution is 5.76. The summed E-state index contributed by atoms with van der Waals surface area (Å²) in [5, 5.41) is 23.3. The maximum atomic E-state index is 12.5. The standard InChI is InChI=1S/C69H133NO5/c1-3-5-7-9-11-13-15-17-19-21-27-31-35-39-43-47-51-55-59-63-69(74)75-64-60-56-52-48-44-40-36-32-29-26-24-22-23-25-28-30-34-38-42-46-50-54-58-62-68(73)70-66(65-71)67(72)61-57-53-49-45-41-37-33-20-18-16-14-12-10-8-6-4-2/h11,13,17,19,66-67,71-72H,3-10,12,14-16,18,20-65H2,1-2H3,(H,70,73)/b13-11-,19-17-. The van der Waals surface area contributed by atoms with E-state index in [1.807, 2.05) is 0 Å². The SMILES string of the molecule is CCCCC/C=C\C/C=C\CCCCCCCCCCCC(=O)OCCCCCCCCCCCCCCCCCCCCCCCCCC(=O)NC(CO)C(O)CCCCCCCCCCCCCCCCCC. The van der Waals surface area contributed by atoms with Crippen molar-refractivity contribution in [3.05, 3.63) is 24.3 Å². The van der Waals surface area contributed by atoms with Gasteiger partial charge < -0.3 is 20.3 Å². The van der Waals surface area contributed by atoms with Gasteiger partial charge in [0.2, 0.25) is 5.91 Å². The normalized spacial score (nSPS) is 12.6. The van der Waals surface area contributed by atoms with E-state index in [4.69, 9.17) is 4.74 Å². The summed E-state index contributed by atoms with van der Waals surface area (Å²) in [5.41, 5.74) is 0. The Bertz CT molecular complexity index is 1170. The smallest absolute Gasteiger partial charge is 0.305 e. The number of aliphatic hydroxyl groups is 2. The number of carbonyl (C=O) groups excluding carboxylic acids is 2. The van der Waals surface area contributed by atoms with Crippen LogP contribution in [0.25, 0.3) is 0 Å². The fourth-order valence-corrected chi connectivity index (χ4v) is 10.8. The van der Waals surface area contributed by atoms with Crippen molar-refractivity contribution < 1.29 is 24.5 Å². The monoisotopic (exact) mass is 1060 g/mol. The fourth-order valence-electron chi connectivity index (χ4n) is 10.8. The first-order chi connectivity index (χ1) is 37.0. The van der Waals surface area contributed by atoms with Gasteiger partial charge in [-0.15, -0.1) is 0 Å². The molecule has 444 valence electrons. The van der Waals surface area contributed by atoms with Crippen molar-refractivity contribution in [1.82, 2.24) is 5.32 Å². The summed E-state index contributed by atoms with van der Waals surface area (Å²) >= 11 is 0. The number of nitrogens with one attached hydrogen (secondary N) is 1. The van der Waals surface area contributed by atoms with Crippen molar-refractivity contribution in [3.8, 4) is 0 Å². The first-order valence-corrected chi connectivity index (χ1v) is 34.1. The van der Waals surface area contributed by atoms with Gasteiger partial charge in [-0.25, -0.2) is 0 Å². The molecule has 0 fully saturated rings. The number of hydrogen-bond acceptors (Lipinski definition) is 5. The molecule has 0 aromatic carbocycles. The van der Waals surface area contributed by atoms with Crippen molar-refractivity contribution in [1.29, 1.82) is 0 Å². The van der Waals surface area contributed by atoms with Gasteiger partial charge in [-0.3, -0.25) is 9.59 Å². The molecule has 2 unspecified atom stereocenters. The molecule has 0 aliphatic carbocycles. The van der Waals surface area contributed by atoms with Gasteiger partial charge in [-0.05, 0) is 57.8 Å². The van der Waals surface area contributed by atoms with Gasteiger partial charge in [0.15, 0.2) is 0 Å². The average Bonchev–Trinajstić information content (AvgIpc) is 3.41.